The van der Waals surface area contributed by atoms with E-state index in [1.165, 1.54) is 24.3 Å². The second-order valence-corrected chi connectivity index (χ2v) is 5.31. The lowest BCUT2D eigenvalue weighted by molar-refractivity contribution is 0.131. The zero-order chi connectivity index (χ0) is 12.0. The van der Waals surface area contributed by atoms with Crippen LogP contribution in [-0.4, -0.2) is 37.1 Å². The van der Waals surface area contributed by atoms with E-state index in [9.17, 15) is 8.42 Å². The molecule has 0 amide bonds. The highest BCUT2D eigenvalue weighted by Crippen LogP contribution is 2.10. The van der Waals surface area contributed by atoms with Crippen molar-refractivity contribution in [2.24, 2.45) is 0 Å². The summed E-state index contributed by atoms with van der Waals surface area (Å²) in [6.45, 7) is -0.415. The monoisotopic (exact) mass is 242 g/mol. The smallest absolute Gasteiger partial charge is 0.181 e. The molecule has 0 heterocycles. The van der Waals surface area contributed by atoms with Crippen LogP contribution in [-0.2, 0) is 9.84 Å². The molecule has 16 heavy (non-hydrogen) atoms. The third kappa shape index (κ3) is 3.77. The van der Waals surface area contributed by atoms with Crippen molar-refractivity contribution >= 4 is 9.84 Å². The molecular weight excluding hydrogens is 228 g/mol. The van der Waals surface area contributed by atoms with Crippen LogP contribution in [0.2, 0.25) is 0 Å². The Morgan fingerprint density at radius 2 is 1.88 bits per heavy atom. The van der Waals surface area contributed by atoms with Gasteiger partial charge in [0.05, 0.1) is 23.4 Å². The molecule has 0 aliphatic heterocycles. The SMILES string of the molecule is O=S(=O)(C/C=C/[C@H](O)CO)c1ccccc1. The molecule has 1 aromatic rings. The molecule has 0 aliphatic rings. The van der Waals surface area contributed by atoms with Crippen LogP contribution in [0.15, 0.2) is 47.4 Å². The Kier molecular flexibility index (Phi) is 4.67. The molecule has 0 spiro atoms. The number of hydrogen-bond acceptors (Lipinski definition) is 4. The Labute approximate surface area is 94.8 Å². The van der Waals surface area contributed by atoms with Gasteiger partial charge >= 0.3 is 0 Å². The van der Waals surface area contributed by atoms with Gasteiger partial charge in [-0.25, -0.2) is 8.42 Å². The van der Waals surface area contributed by atoms with E-state index in [0.29, 0.717) is 0 Å². The van der Waals surface area contributed by atoms with Crippen molar-refractivity contribution < 1.29 is 18.6 Å². The molecule has 0 bridgehead atoms. The van der Waals surface area contributed by atoms with Gasteiger partial charge in [-0.15, -0.1) is 0 Å². The molecule has 4 nitrogen and oxygen atoms in total. The van der Waals surface area contributed by atoms with Gasteiger partial charge in [0.2, 0.25) is 0 Å². The lowest BCUT2D eigenvalue weighted by Gasteiger charge is -2.01. The predicted octanol–water partition coefficient (Wildman–Crippen LogP) is 0.370. The first-order valence-electron chi connectivity index (χ1n) is 4.79. The minimum atomic E-state index is -3.34. The molecule has 0 aromatic heterocycles. The summed E-state index contributed by atoms with van der Waals surface area (Å²) in [5.74, 6) is -0.186. The number of sulfone groups is 1. The third-order valence-corrected chi connectivity index (χ3v) is 3.58. The number of aliphatic hydroxyl groups excluding tert-OH is 2. The van der Waals surface area contributed by atoms with Crippen LogP contribution in [0, 0.1) is 0 Å². The van der Waals surface area contributed by atoms with Crippen LogP contribution in [0.1, 0.15) is 0 Å². The van der Waals surface area contributed by atoms with E-state index in [4.69, 9.17) is 10.2 Å². The highest BCUT2D eigenvalue weighted by atomic mass is 32.2. The van der Waals surface area contributed by atoms with Crippen LogP contribution in [0.4, 0.5) is 0 Å². The molecule has 88 valence electrons. The van der Waals surface area contributed by atoms with Gasteiger partial charge in [-0.05, 0) is 12.1 Å². The minimum absolute atomic E-state index is 0.186. The summed E-state index contributed by atoms with van der Waals surface area (Å²) in [7, 11) is -3.34. The molecule has 1 rings (SSSR count). The van der Waals surface area contributed by atoms with Crippen LogP contribution in [0.5, 0.6) is 0 Å². The van der Waals surface area contributed by atoms with Crippen molar-refractivity contribution in [2.75, 3.05) is 12.4 Å². The number of aliphatic hydroxyl groups is 2. The lowest BCUT2D eigenvalue weighted by atomic mass is 10.3. The van der Waals surface area contributed by atoms with E-state index in [1.54, 1.807) is 18.2 Å². The molecule has 0 aliphatic carbocycles. The van der Waals surface area contributed by atoms with Crippen molar-refractivity contribution in [3.8, 4) is 0 Å². The summed E-state index contributed by atoms with van der Waals surface area (Å²) >= 11 is 0. The summed E-state index contributed by atoms with van der Waals surface area (Å²) in [4.78, 5) is 0.248. The molecule has 0 unspecified atom stereocenters. The maximum Gasteiger partial charge on any atom is 0.181 e. The first-order chi connectivity index (χ1) is 7.56. The van der Waals surface area contributed by atoms with Crippen molar-refractivity contribution in [3.63, 3.8) is 0 Å². The molecular formula is C11H14O4S. The number of rotatable bonds is 5. The highest BCUT2D eigenvalue weighted by molar-refractivity contribution is 7.91. The van der Waals surface area contributed by atoms with E-state index >= 15 is 0 Å². The average Bonchev–Trinajstić information content (AvgIpc) is 2.30. The highest BCUT2D eigenvalue weighted by Gasteiger charge is 2.11. The molecule has 2 N–H and O–H groups in total. The quantitative estimate of drug-likeness (QED) is 0.732. The molecule has 1 aromatic carbocycles. The maximum atomic E-state index is 11.7. The predicted molar refractivity (Wildman–Crippen MR) is 60.7 cm³/mol. The van der Waals surface area contributed by atoms with Gasteiger partial charge in [0.15, 0.2) is 9.84 Å². The molecule has 0 saturated heterocycles. The zero-order valence-electron chi connectivity index (χ0n) is 8.65. The van der Waals surface area contributed by atoms with Gasteiger partial charge in [0.1, 0.15) is 0 Å². The molecule has 0 saturated carbocycles. The fraction of sp³-hybridized carbons (Fsp3) is 0.273. The van der Waals surface area contributed by atoms with Gasteiger partial charge in [0.25, 0.3) is 0 Å². The Morgan fingerprint density at radius 1 is 1.25 bits per heavy atom. The number of benzene rings is 1. The Hall–Kier alpha value is -1.17. The fourth-order valence-electron chi connectivity index (χ4n) is 1.12. The van der Waals surface area contributed by atoms with E-state index in [-0.39, 0.29) is 10.6 Å². The maximum absolute atomic E-state index is 11.7. The van der Waals surface area contributed by atoms with Gasteiger partial charge < -0.3 is 10.2 Å². The van der Waals surface area contributed by atoms with Gasteiger partial charge in [0, 0.05) is 0 Å². The van der Waals surface area contributed by atoms with Crippen LogP contribution in [0.3, 0.4) is 0 Å². The summed E-state index contributed by atoms with van der Waals surface area (Å²) < 4.78 is 23.4. The topological polar surface area (TPSA) is 74.6 Å². The number of hydrogen-bond donors (Lipinski definition) is 2. The Bertz CT molecular complexity index is 436. The van der Waals surface area contributed by atoms with Crippen molar-refractivity contribution in [1.29, 1.82) is 0 Å². The van der Waals surface area contributed by atoms with Crippen LogP contribution >= 0.6 is 0 Å². The summed E-state index contributed by atoms with van der Waals surface area (Å²) in [6, 6.07) is 8.08. The normalized spacial score (nSPS) is 14.1. The van der Waals surface area contributed by atoms with E-state index in [2.05, 4.69) is 0 Å². The average molecular weight is 242 g/mol. The first kappa shape index (κ1) is 12.9. The second kappa shape index (κ2) is 5.79. The van der Waals surface area contributed by atoms with E-state index in [1.807, 2.05) is 0 Å². The van der Waals surface area contributed by atoms with Crippen molar-refractivity contribution in [1.82, 2.24) is 0 Å². The summed E-state index contributed by atoms with van der Waals surface area (Å²) in [5.41, 5.74) is 0. The molecule has 0 radical (unpaired) electrons. The van der Waals surface area contributed by atoms with Crippen molar-refractivity contribution in [3.05, 3.63) is 42.5 Å². The fourth-order valence-corrected chi connectivity index (χ4v) is 2.25. The Morgan fingerprint density at radius 3 is 2.44 bits per heavy atom. The Balaban J connectivity index is 2.71. The summed E-state index contributed by atoms with van der Waals surface area (Å²) in [6.07, 6.45) is 1.59. The lowest BCUT2D eigenvalue weighted by Crippen LogP contribution is -2.09. The van der Waals surface area contributed by atoms with Crippen LogP contribution in [0.25, 0.3) is 0 Å². The van der Waals surface area contributed by atoms with Gasteiger partial charge in [-0.2, -0.15) is 0 Å². The van der Waals surface area contributed by atoms with E-state index < -0.39 is 22.5 Å². The van der Waals surface area contributed by atoms with Crippen LogP contribution < -0.4 is 0 Å². The largest absolute Gasteiger partial charge is 0.393 e. The standard InChI is InChI=1S/C11H14O4S/c12-9-10(13)5-4-8-16(14,15)11-6-2-1-3-7-11/h1-7,10,12-13H,8-9H2/b5-4+/t10-/m0/s1. The van der Waals surface area contributed by atoms with Gasteiger partial charge in [-0.1, -0.05) is 30.4 Å². The first-order valence-corrected chi connectivity index (χ1v) is 6.45. The van der Waals surface area contributed by atoms with Crippen molar-refractivity contribution in [2.45, 2.75) is 11.0 Å². The zero-order valence-corrected chi connectivity index (χ0v) is 9.47. The molecule has 1 atom stereocenters. The molecule has 5 heteroatoms. The third-order valence-electron chi connectivity index (χ3n) is 1.96. The van der Waals surface area contributed by atoms with Gasteiger partial charge in [-0.3, -0.25) is 0 Å². The minimum Gasteiger partial charge on any atom is -0.393 e. The van der Waals surface area contributed by atoms with E-state index in [0.717, 1.165) is 0 Å². The molecule has 0 fully saturated rings. The summed E-state index contributed by atoms with van der Waals surface area (Å²) in [5, 5.41) is 17.5. The second-order valence-electron chi connectivity index (χ2n) is 3.27.